The fourth-order valence-corrected chi connectivity index (χ4v) is 8.49. The second-order valence-corrected chi connectivity index (χ2v) is 13.9. The van der Waals surface area contributed by atoms with Crippen LogP contribution in [0.2, 0.25) is 0 Å². The lowest BCUT2D eigenvalue weighted by Gasteiger charge is -2.10. The molecular formula is C48H31BN2O3. The summed E-state index contributed by atoms with van der Waals surface area (Å²) in [5.74, 6) is 0. The first-order chi connectivity index (χ1) is 26.6. The van der Waals surface area contributed by atoms with Crippen LogP contribution in [0.4, 0.5) is 0 Å². The van der Waals surface area contributed by atoms with Gasteiger partial charge in [0.1, 0.15) is 5.58 Å². The predicted molar refractivity (Wildman–Crippen MR) is 223 cm³/mol. The normalized spacial score (nSPS) is 11.9. The number of furan rings is 1. The summed E-state index contributed by atoms with van der Waals surface area (Å²) in [5.41, 5.74) is 12.7. The largest absolute Gasteiger partial charge is 0.492 e. The lowest BCUT2D eigenvalue weighted by atomic mass is 9.79. The molecule has 3 aromatic heterocycles. The molecule has 0 amide bonds. The highest BCUT2D eigenvalue weighted by Gasteiger charge is 2.22. The first-order valence-corrected chi connectivity index (χ1v) is 18.2. The summed E-state index contributed by atoms with van der Waals surface area (Å²) >= 11 is 0. The van der Waals surface area contributed by atoms with Crippen molar-refractivity contribution in [3.8, 4) is 33.6 Å². The zero-order chi connectivity index (χ0) is 35.9. The molecule has 2 N–H and O–H groups in total. The minimum absolute atomic E-state index is 0.349. The number of aromatic nitrogens is 2. The number of benzene rings is 8. The molecule has 0 aliphatic rings. The molecule has 254 valence electrons. The molecule has 0 saturated heterocycles. The van der Waals surface area contributed by atoms with Crippen LogP contribution in [0.5, 0.6) is 0 Å². The Kier molecular flexibility index (Phi) is 6.74. The highest BCUT2D eigenvalue weighted by atomic mass is 16.4. The van der Waals surface area contributed by atoms with Gasteiger partial charge in [-0.25, -0.2) is 0 Å². The third-order valence-corrected chi connectivity index (χ3v) is 10.9. The van der Waals surface area contributed by atoms with Crippen LogP contribution in [0.15, 0.2) is 180 Å². The van der Waals surface area contributed by atoms with Gasteiger partial charge in [0.25, 0.3) is 0 Å². The average molecular weight is 695 g/mol. The summed E-state index contributed by atoms with van der Waals surface area (Å²) in [5, 5.41) is 26.7. The van der Waals surface area contributed by atoms with E-state index >= 15 is 0 Å². The Hall–Kier alpha value is -6.86. The lowest BCUT2D eigenvalue weighted by molar-refractivity contribution is 0.425. The van der Waals surface area contributed by atoms with Crippen LogP contribution in [0, 0.1) is 0 Å². The molecule has 0 atom stereocenters. The Balaban J connectivity index is 1.12. The van der Waals surface area contributed by atoms with Gasteiger partial charge in [0.05, 0.1) is 27.8 Å². The SMILES string of the molecule is OB(O)c1cccc2c1oc1c(-n3c4ccccc4c4cc(-c5ccc6c(c5)c5cc(-c7ccccc7)ccc5n6-c5ccccc5)ccc43)cccc12. The second kappa shape index (κ2) is 11.8. The van der Waals surface area contributed by atoms with Crippen molar-refractivity contribution in [2.24, 2.45) is 0 Å². The molecule has 54 heavy (non-hydrogen) atoms. The molecule has 11 rings (SSSR count). The number of rotatable bonds is 5. The van der Waals surface area contributed by atoms with Crippen LogP contribution in [0.3, 0.4) is 0 Å². The summed E-state index contributed by atoms with van der Waals surface area (Å²) in [6.45, 7) is 0. The van der Waals surface area contributed by atoms with Crippen LogP contribution in [-0.4, -0.2) is 26.3 Å². The summed E-state index contributed by atoms with van der Waals surface area (Å²) in [6.07, 6.45) is 0. The average Bonchev–Trinajstić information content (AvgIpc) is 3.88. The quantitative estimate of drug-likeness (QED) is 0.176. The van der Waals surface area contributed by atoms with Crippen molar-refractivity contribution in [1.29, 1.82) is 0 Å². The molecule has 8 aromatic carbocycles. The van der Waals surface area contributed by atoms with Crippen LogP contribution in [-0.2, 0) is 0 Å². The first-order valence-electron chi connectivity index (χ1n) is 18.2. The third-order valence-electron chi connectivity index (χ3n) is 10.9. The molecule has 0 spiro atoms. The van der Waals surface area contributed by atoms with Gasteiger partial charge >= 0.3 is 7.12 Å². The van der Waals surface area contributed by atoms with E-state index in [-0.39, 0.29) is 0 Å². The lowest BCUT2D eigenvalue weighted by Crippen LogP contribution is -2.29. The second-order valence-electron chi connectivity index (χ2n) is 13.9. The van der Waals surface area contributed by atoms with Gasteiger partial charge in [-0.05, 0) is 82.9 Å². The number of para-hydroxylation sites is 4. The fraction of sp³-hybridized carbons (Fsp3) is 0. The van der Waals surface area contributed by atoms with E-state index < -0.39 is 7.12 Å². The van der Waals surface area contributed by atoms with Crippen LogP contribution < -0.4 is 5.46 Å². The molecule has 5 nitrogen and oxygen atoms in total. The molecule has 0 unspecified atom stereocenters. The molecule has 0 bridgehead atoms. The van der Waals surface area contributed by atoms with Crippen molar-refractivity contribution >= 4 is 78.1 Å². The van der Waals surface area contributed by atoms with Crippen LogP contribution in [0.1, 0.15) is 0 Å². The number of hydrogen-bond donors (Lipinski definition) is 2. The van der Waals surface area contributed by atoms with E-state index in [4.69, 9.17) is 4.42 Å². The van der Waals surface area contributed by atoms with E-state index in [1.54, 1.807) is 6.07 Å². The zero-order valence-electron chi connectivity index (χ0n) is 29.0. The maximum absolute atomic E-state index is 10.1. The van der Waals surface area contributed by atoms with Gasteiger partial charge < -0.3 is 23.6 Å². The molecule has 3 heterocycles. The molecule has 0 radical (unpaired) electrons. The Labute approximate surface area is 310 Å². The Morgan fingerprint density at radius 3 is 1.54 bits per heavy atom. The molecular weight excluding hydrogens is 663 g/mol. The Bertz CT molecular complexity index is 3250. The summed E-state index contributed by atoms with van der Waals surface area (Å²) in [7, 11) is -1.63. The van der Waals surface area contributed by atoms with Gasteiger partial charge in [0.2, 0.25) is 0 Å². The van der Waals surface area contributed by atoms with Crippen molar-refractivity contribution < 1.29 is 14.5 Å². The number of hydrogen-bond acceptors (Lipinski definition) is 3. The first kappa shape index (κ1) is 30.7. The standard InChI is InChI=1S/C48H31BN2O3/c52-49(53)41-18-9-16-36-37-17-10-20-46(48(37)54-47(36)41)51-42-19-8-7-15-35(42)38-28-32(23-26-45(38)51)33-22-25-44-40(29-33)39-27-31(30-11-3-1-4-12-30)21-24-43(39)50(44)34-13-5-2-6-14-34/h1-29,52-53H. The van der Waals surface area contributed by atoms with E-state index in [0.29, 0.717) is 16.6 Å². The van der Waals surface area contributed by atoms with Gasteiger partial charge in [0.15, 0.2) is 5.58 Å². The smallest absolute Gasteiger partial charge is 0.454 e. The van der Waals surface area contributed by atoms with Crippen molar-refractivity contribution in [3.63, 3.8) is 0 Å². The summed E-state index contributed by atoms with van der Waals surface area (Å²) in [6, 6.07) is 61.6. The van der Waals surface area contributed by atoms with Gasteiger partial charge in [-0.3, -0.25) is 0 Å². The highest BCUT2D eigenvalue weighted by Crippen LogP contribution is 2.41. The van der Waals surface area contributed by atoms with Gasteiger partial charge in [-0.1, -0.05) is 115 Å². The van der Waals surface area contributed by atoms with E-state index in [2.05, 4.69) is 155 Å². The third kappa shape index (κ3) is 4.54. The van der Waals surface area contributed by atoms with Gasteiger partial charge in [-0.15, -0.1) is 0 Å². The molecule has 11 aromatic rings. The van der Waals surface area contributed by atoms with Crippen molar-refractivity contribution in [2.75, 3.05) is 0 Å². The van der Waals surface area contributed by atoms with Crippen molar-refractivity contribution in [3.05, 3.63) is 176 Å². The maximum Gasteiger partial charge on any atom is 0.492 e. The number of nitrogens with zero attached hydrogens (tertiary/aromatic N) is 2. The minimum atomic E-state index is -1.63. The van der Waals surface area contributed by atoms with E-state index in [0.717, 1.165) is 55.1 Å². The molecule has 0 saturated carbocycles. The van der Waals surface area contributed by atoms with Gasteiger partial charge in [0, 0.05) is 43.5 Å². The molecule has 0 aliphatic carbocycles. The fourth-order valence-electron chi connectivity index (χ4n) is 8.49. The van der Waals surface area contributed by atoms with Crippen molar-refractivity contribution in [2.45, 2.75) is 0 Å². The predicted octanol–water partition coefficient (Wildman–Crippen LogP) is 10.8. The van der Waals surface area contributed by atoms with Crippen molar-refractivity contribution in [1.82, 2.24) is 9.13 Å². The Morgan fingerprint density at radius 2 is 0.870 bits per heavy atom. The van der Waals surface area contributed by atoms with E-state index in [1.165, 1.54) is 32.9 Å². The summed E-state index contributed by atoms with van der Waals surface area (Å²) in [4.78, 5) is 0. The molecule has 0 aliphatic heterocycles. The summed E-state index contributed by atoms with van der Waals surface area (Å²) < 4.78 is 11.1. The van der Waals surface area contributed by atoms with Gasteiger partial charge in [-0.2, -0.15) is 0 Å². The Morgan fingerprint density at radius 1 is 0.370 bits per heavy atom. The van der Waals surface area contributed by atoms with E-state index in [1.807, 2.05) is 24.3 Å². The molecule has 6 heteroatoms. The van der Waals surface area contributed by atoms with E-state index in [9.17, 15) is 10.0 Å². The number of fused-ring (bicyclic) bond motifs is 9. The zero-order valence-corrected chi connectivity index (χ0v) is 29.0. The minimum Gasteiger partial charge on any atom is -0.454 e. The monoisotopic (exact) mass is 694 g/mol. The van der Waals surface area contributed by atoms with Crippen LogP contribution in [0.25, 0.3) is 99.2 Å². The molecule has 0 fully saturated rings. The topological polar surface area (TPSA) is 63.5 Å². The highest BCUT2D eigenvalue weighted by molar-refractivity contribution is 6.61. The maximum atomic E-state index is 10.1. The van der Waals surface area contributed by atoms with Crippen LogP contribution >= 0.6 is 0 Å².